The van der Waals surface area contributed by atoms with Crippen LogP contribution in [0.4, 0.5) is 0 Å². The van der Waals surface area contributed by atoms with Crippen LogP contribution in [0.3, 0.4) is 0 Å². The van der Waals surface area contributed by atoms with Crippen LogP contribution in [0.25, 0.3) is 0 Å². The third-order valence-electron chi connectivity index (χ3n) is 16.0. The summed E-state index contributed by atoms with van der Waals surface area (Å²) in [7, 11) is 5.98. The molecule has 0 aromatic carbocycles. The standard InChI is InChI=1S/C75H137NO8/c1-6-8-10-12-14-16-18-20-22-24-26-27-28-29-30-31-32-33-34-35-36-37-38-39-40-41-42-43-44-45-46-47-48-50-52-54-56-58-60-62-64-66-73(78)84-71(70-83-75(74(79)80)81-68-67-76(3,4)5)69-82-72(77)65-63-61-59-57-55-53-51-49-25-23-21-19-17-15-13-11-9-7-2/h17-20,23-26,28-29,71,75H,6-16,21-22,27,30-70H2,1-5H3/p+1/b19-17-,20-18-,25-23-,26-24-,29-28-. The summed E-state index contributed by atoms with van der Waals surface area (Å²) >= 11 is 0. The Balaban J connectivity index is 3.95. The van der Waals surface area contributed by atoms with Gasteiger partial charge in [0, 0.05) is 12.8 Å². The van der Waals surface area contributed by atoms with E-state index < -0.39 is 24.3 Å². The van der Waals surface area contributed by atoms with Crippen LogP contribution in [0.2, 0.25) is 0 Å². The van der Waals surface area contributed by atoms with E-state index in [9.17, 15) is 19.5 Å². The van der Waals surface area contributed by atoms with Crippen LogP contribution in [0, 0.1) is 0 Å². The number of hydrogen-bond donors (Lipinski definition) is 1. The lowest BCUT2D eigenvalue weighted by molar-refractivity contribution is -0.870. The second kappa shape index (κ2) is 66.0. The van der Waals surface area contributed by atoms with Gasteiger partial charge < -0.3 is 28.5 Å². The van der Waals surface area contributed by atoms with Crippen LogP contribution in [0.1, 0.15) is 341 Å². The molecular weight excluding hydrogens is 1040 g/mol. The zero-order valence-electron chi connectivity index (χ0n) is 56.1. The van der Waals surface area contributed by atoms with Gasteiger partial charge in [0.05, 0.1) is 34.4 Å². The van der Waals surface area contributed by atoms with Gasteiger partial charge in [0.25, 0.3) is 6.29 Å². The van der Waals surface area contributed by atoms with Crippen LogP contribution in [0.5, 0.6) is 0 Å². The Bertz CT molecular complexity index is 1560. The molecule has 0 aliphatic rings. The molecule has 0 saturated heterocycles. The lowest BCUT2D eigenvalue weighted by Gasteiger charge is -2.25. The van der Waals surface area contributed by atoms with Crippen molar-refractivity contribution in [2.24, 2.45) is 0 Å². The van der Waals surface area contributed by atoms with Gasteiger partial charge in [0.15, 0.2) is 6.10 Å². The van der Waals surface area contributed by atoms with Crippen molar-refractivity contribution in [1.82, 2.24) is 0 Å². The maximum atomic E-state index is 12.9. The summed E-state index contributed by atoms with van der Waals surface area (Å²) in [5.41, 5.74) is 0. The number of nitrogens with zero attached hydrogens (tertiary/aromatic N) is 1. The second-order valence-corrected chi connectivity index (χ2v) is 25.5. The highest BCUT2D eigenvalue weighted by Crippen LogP contribution is 2.18. The second-order valence-electron chi connectivity index (χ2n) is 25.5. The minimum atomic E-state index is -1.51. The largest absolute Gasteiger partial charge is 0.477 e. The first-order chi connectivity index (χ1) is 41.1. The minimum Gasteiger partial charge on any atom is -0.477 e. The lowest BCUT2D eigenvalue weighted by Crippen LogP contribution is -2.40. The number of esters is 2. The van der Waals surface area contributed by atoms with Crippen LogP contribution >= 0.6 is 0 Å². The number of rotatable bonds is 67. The molecule has 0 spiro atoms. The van der Waals surface area contributed by atoms with Gasteiger partial charge in [-0.1, -0.05) is 306 Å². The Morgan fingerprint density at radius 2 is 0.643 bits per heavy atom. The van der Waals surface area contributed by atoms with Gasteiger partial charge in [0.2, 0.25) is 0 Å². The van der Waals surface area contributed by atoms with Crippen LogP contribution < -0.4 is 0 Å². The Hall–Kier alpha value is -3.01. The van der Waals surface area contributed by atoms with E-state index in [2.05, 4.69) is 74.6 Å². The molecule has 0 aliphatic heterocycles. The van der Waals surface area contributed by atoms with Gasteiger partial charge in [-0.05, 0) is 83.5 Å². The van der Waals surface area contributed by atoms with Crippen LogP contribution in [0.15, 0.2) is 60.8 Å². The molecule has 0 saturated carbocycles. The number of likely N-dealkylation sites (N-methyl/N-ethyl adjacent to an activating group) is 1. The van der Waals surface area contributed by atoms with Gasteiger partial charge in [-0.2, -0.15) is 0 Å². The van der Waals surface area contributed by atoms with Crippen LogP contribution in [-0.2, 0) is 33.3 Å². The number of carboxylic acid groups (broad SMARTS) is 1. The number of hydrogen-bond acceptors (Lipinski definition) is 7. The molecule has 0 bridgehead atoms. The smallest absolute Gasteiger partial charge is 0.361 e. The normalized spacial score (nSPS) is 13.0. The Kier molecular flexibility index (Phi) is 63.6. The fourth-order valence-corrected chi connectivity index (χ4v) is 10.5. The Labute approximate surface area is 520 Å². The molecule has 2 atom stereocenters. The SMILES string of the molecule is CCCCCC/C=C\C/C=C\CCCCCCCCCC(=O)OCC(COC(OCC[N+](C)(C)C)C(=O)O)OC(=O)CCCCCCCCCCCCCCCCCCCCCCCCCCCC/C=C\C/C=C\C/C=C\CCCCCCC. The average Bonchev–Trinajstić information content (AvgIpc) is 3.54. The number of aliphatic carboxylic acids is 1. The molecule has 84 heavy (non-hydrogen) atoms. The molecule has 1 N–H and O–H groups in total. The highest BCUT2D eigenvalue weighted by Gasteiger charge is 2.25. The zero-order valence-corrected chi connectivity index (χ0v) is 56.1. The van der Waals surface area contributed by atoms with Crippen molar-refractivity contribution in [2.45, 2.75) is 354 Å². The fraction of sp³-hybridized carbons (Fsp3) is 0.827. The molecule has 0 fully saturated rings. The van der Waals surface area contributed by atoms with Gasteiger partial charge >= 0.3 is 17.9 Å². The Morgan fingerprint density at radius 1 is 0.357 bits per heavy atom. The van der Waals surface area contributed by atoms with E-state index in [4.69, 9.17) is 18.9 Å². The van der Waals surface area contributed by atoms with Crippen LogP contribution in [-0.4, -0.2) is 87.4 Å². The number of allylic oxidation sites excluding steroid dienone is 10. The highest BCUT2D eigenvalue weighted by atomic mass is 16.7. The molecule has 0 aliphatic carbocycles. The van der Waals surface area contributed by atoms with Crippen molar-refractivity contribution < 1.29 is 42.9 Å². The van der Waals surface area contributed by atoms with Gasteiger partial charge in [-0.15, -0.1) is 0 Å². The summed E-state index contributed by atoms with van der Waals surface area (Å²) in [4.78, 5) is 37.5. The first-order valence-corrected chi connectivity index (χ1v) is 36.0. The summed E-state index contributed by atoms with van der Waals surface area (Å²) in [5.74, 6) is -2.00. The van der Waals surface area contributed by atoms with E-state index in [1.54, 1.807) is 0 Å². The summed E-state index contributed by atoms with van der Waals surface area (Å²) in [6, 6.07) is 0. The van der Waals surface area contributed by atoms with E-state index in [-0.39, 0.29) is 32.2 Å². The van der Waals surface area contributed by atoms with Crippen molar-refractivity contribution in [3.05, 3.63) is 60.8 Å². The minimum absolute atomic E-state index is 0.183. The molecule has 490 valence electrons. The molecule has 2 unspecified atom stereocenters. The predicted octanol–water partition coefficient (Wildman–Crippen LogP) is 22.3. The van der Waals surface area contributed by atoms with Gasteiger partial charge in [-0.3, -0.25) is 9.59 Å². The molecule has 9 nitrogen and oxygen atoms in total. The lowest BCUT2D eigenvalue weighted by atomic mass is 10.0. The summed E-state index contributed by atoms with van der Waals surface area (Å²) < 4.78 is 23.0. The topological polar surface area (TPSA) is 108 Å². The van der Waals surface area contributed by atoms with E-state index in [1.807, 2.05) is 21.1 Å². The first kappa shape index (κ1) is 81.0. The van der Waals surface area contributed by atoms with E-state index >= 15 is 0 Å². The average molecular weight is 1180 g/mol. The molecule has 0 amide bonds. The number of carbonyl (C=O) groups is 3. The maximum absolute atomic E-state index is 12.9. The number of unbranched alkanes of at least 4 members (excludes halogenated alkanes) is 42. The first-order valence-electron chi connectivity index (χ1n) is 36.0. The number of carboxylic acids is 1. The number of ether oxygens (including phenoxy) is 4. The molecular formula is C75H138NO8+. The molecule has 0 aromatic rings. The van der Waals surface area contributed by atoms with E-state index in [0.717, 1.165) is 70.6 Å². The predicted molar refractivity (Wildman–Crippen MR) is 360 cm³/mol. The molecule has 0 aromatic heterocycles. The number of quaternary nitrogens is 1. The fourth-order valence-electron chi connectivity index (χ4n) is 10.5. The Morgan fingerprint density at radius 3 is 0.964 bits per heavy atom. The van der Waals surface area contributed by atoms with Crippen molar-refractivity contribution in [2.75, 3.05) is 47.5 Å². The maximum Gasteiger partial charge on any atom is 0.361 e. The van der Waals surface area contributed by atoms with Crippen molar-refractivity contribution in [3.8, 4) is 0 Å². The summed E-state index contributed by atoms with van der Waals surface area (Å²) in [5, 5.41) is 9.73. The highest BCUT2D eigenvalue weighted by molar-refractivity contribution is 5.71. The van der Waals surface area contributed by atoms with Gasteiger partial charge in [0.1, 0.15) is 13.2 Å². The third-order valence-corrected chi connectivity index (χ3v) is 16.0. The summed E-state index contributed by atoms with van der Waals surface area (Å²) in [6.07, 6.45) is 83.6. The molecule has 0 heterocycles. The monoisotopic (exact) mass is 1180 g/mol. The zero-order chi connectivity index (χ0) is 61.2. The van der Waals surface area contributed by atoms with E-state index in [0.29, 0.717) is 17.4 Å². The molecule has 9 heteroatoms. The van der Waals surface area contributed by atoms with E-state index in [1.165, 1.54) is 244 Å². The van der Waals surface area contributed by atoms with Crippen molar-refractivity contribution >= 4 is 17.9 Å². The molecule has 0 radical (unpaired) electrons. The van der Waals surface area contributed by atoms with Crippen molar-refractivity contribution in [1.29, 1.82) is 0 Å². The van der Waals surface area contributed by atoms with Gasteiger partial charge in [-0.25, -0.2) is 4.79 Å². The third kappa shape index (κ3) is 66.5. The quantitative estimate of drug-likeness (QED) is 0.0211. The summed E-state index contributed by atoms with van der Waals surface area (Å²) in [6.45, 7) is 4.88. The van der Waals surface area contributed by atoms with Crippen molar-refractivity contribution in [3.63, 3.8) is 0 Å². The number of carbonyl (C=O) groups excluding carboxylic acids is 2. The molecule has 0 rings (SSSR count).